The maximum absolute atomic E-state index is 11.8. The fraction of sp³-hybridized carbons (Fsp3) is 0.818. The molecule has 0 aromatic rings. The van der Waals surface area contributed by atoms with E-state index in [0.29, 0.717) is 0 Å². The van der Waals surface area contributed by atoms with Crippen LogP contribution in [0.15, 0.2) is 0 Å². The van der Waals surface area contributed by atoms with Crippen molar-refractivity contribution in [3.63, 3.8) is 0 Å². The molecule has 0 spiro atoms. The Morgan fingerprint density at radius 3 is 1.50 bits per heavy atom. The number of carbonyl (C=O) groups excluding carboxylic acids is 2. The molecule has 0 aliphatic heterocycles. The van der Waals surface area contributed by atoms with Crippen molar-refractivity contribution in [3.8, 4) is 0 Å². The van der Waals surface area contributed by atoms with Gasteiger partial charge in [-0.2, -0.15) is 0 Å². The lowest BCUT2D eigenvalue weighted by Gasteiger charge is -2.25. The lowest BCUT2D eigenvalue weighted by Crippen LogP contribution is -2.40. The summed E-state index contributed by atoms with van der Waals surface area (Å²) in [5, 5.41) is 11.8. The average Bonchev–Trinajstić information content (AvgIpc) is 2.17. The van der Waals surface area contributed by atoms with Gasteiger partial charge in [0.15, 0.2) is 0 Å². The van der Waals surface area contributed by atoms with Gasteiger partial charge in [-0.15, -0.1) is 5.11 Å². The summed E-state index contributed by atoms with van der Waals surface area (Å²) in [5.74, 6) is -4.61. The maximum atomic E-state index is 11.8. The van der Waals surface area contributed by atoms with Gasteiger partial charge in [0.25, 0.3) is 0 Å². The highest BCUT2D eigenvalue weighted by Crippen LogP contribution is 2.19. The van der Waals surface area contributed by atoms with Crippen LogP contribution < -0.4 is 0 Å². The summed E-state index contributed by atoms with van der Waals surface area (Å²) >= 11 is 0. The molecule has 1 radical (unpaired) electrons. The minimum Gasteiger partial charge on any atom is -0.396 e. The molecule has 0 atom stereocenters. The Morgan fingerprint density at radius 2 is 1.31 bits per heavy atom. The van der Waals surface area contributed by atoms with Gasteiger partial charge in [0.05, 0.1) is 18.3 Å². The van der Waals surface area contributed by atoms with Crippen molar-refractivity contribution in [1.29, 1.82) is 0 Å². The van der Waals surface area contributed by atoms with Crippen LogP contribution in [0.3, 0.4) is 0 Å². The summed E-state index contributed by atoms with van der Waals surface area (Å²) in [4.78, 5) is 22.5. The van der Waals surface area contributed by atoms with Gasteiger partial charge >= 0.3 is 17.9 Å². The number of carbonyl (C=O) groups is 2. The van der Waals surface area contributed by atoms with Crippen LogP contribution in [0.5, 0.6) is 0 Å². The second-order valence-electron chi connectivity index (χ2n) is 4.19. The SMILES string of the molecule is CCC([O])(OC(=O)C(C)C)OC(=O)C(C)C. The molecule has 0 aliphatic carbocycles. The highest BCUT2D eigenvalue weighted by atomic mass is 16.8. The van der Waals surface area contributed by atoms with E-state index in [4.69, 9.17) is 0 Å². The maximum Gasteiger partial charge on any atom is 0.402 e. The van der Waals surface area contributed by atoms with Crippen molar-refractivity contribution in [2.24, 2.45) is 11.8 Å². The molecule has 0 saturated heterocycles. The molecule has 0 saturated carbocycles. The fourth-order valence-electron chi connectivity index (χ4n) is 0.707. The minimum atomic E-state index is -2.40. The number of hydrogen-bond donors (Lipinski definition) is 0. The predicted octanol–water partition coefficient (Wildman–Crippen LogP) is 1.88. The molecule has 0 rings (SSSR count). The molecule has 5 nitrogen and oxygen atoms in total. The first kappa shape index (κ1) is 14.9. The van der Waals surface area contributed by atoms with Gasteiger partial charge in [-0.3, -0.25) is 9.59 Å². The molecule has 0 N–H and O–H groups in total. The van der Waals surface area contributed by atoms with Crippen molar-refractivity contribution in [2.75, 3.05) is 0 Å². The van der Waals surface area contributed by atoms with Crippen molar-refractivity contribution in [2.45, 2.75) is 47.0 Å². The number of esters is 2. The van der Waals surface area contributed by atoms with Gasteiger partial charge in [-0.1, -0.05) is 34.6 Å². The number of hydrogen-bond acceptors (Lipinski definition) is 4. The van der Waals surface area contributed by atoms with Crippen molar-refractivity contribution in [3.05, 3.63) is 0 Å². The van der Waals surface area contributed by atoms with Crippen LogP contribution in [0, 0.1) is 11.8 Å². The molecular formula is C11H19O5. The fourth-order valence-corrected chi connectivity index (χ4v) is 0.707. The molecule has 0 aromatic heterocycles. The zero-order valence-corrected chi connectivity index (χ0v) is 10.4. The molecule has 93 valence electrons. The van der Waals surface area contributed by atoms with Crippen LogP contribution in [-0.4, -0.2) is 17.9 Å². The van der Waals surface area contributed by atoms with Gasteiger partial charge < -0.3 is 9.47 Å². The van der Waals surface area contributed by atoms with E-state index >= 15 is 0 Å². The Morgan fingerprint density at radius 1 is 1.00 bits per heavy atom. The quantitative estimate of drug-likeness (QED) is 0.535. The monoisotopic (exact) mass is 231 g/mol. The highest BCUT2D eigenvalue weighted by Gasteiger charge is 2.37. The Balaban J connectivity index is 4.54. The lowest BCUT2D eigenvalue weighted by atomic mass is 10.2. The van der Waals surface area contributed by atoms with E-state index in [1.165, 1.54) is 6.92 Å². The van der Waals surface area contributed by atoms with Crippen molar-refractivity contribution < 1.29 is 24.2 Å². The molecule has 0 heterocycles. The highest BCUT2D eigenvalue weighted by molar-refractivity contribution is 5.73. The van der Waals surface area contributed by atoms with E-state index in [0.717, 1.165) is 0 Å². The van der Waals surface area contributed by atoms with Gasteiger partial charge in [-0.05, 0) is 0 Å². The van der Waals surface area contributed by atoms with E-state index in [2.05, 4.69) is 9.47 Å². The molecule has 0 amide bonds. The van der Waals surface area contributed by atoms with E-state index in [-0.39, 0.29) is 6.42 Å². The van der Waals surface area contributed by atoms with Crippen LogP contribution >= 0.6 is 0 Å². The topological polar surface area (TPSA) is 72.5 Å². The average molecular weight is 231 g/mol. The summed E-state index contributed by atoms with van der Waals surface area (Å²) < 4.78 is 9.26. The molecule has 0 unspecified atom stereocenters. The van der Waals surface area contributed by atoms with E-state index in [1.54, 1.807) is 27.7 Å². The third-order valence-electron chi connectivity index (χ3n) is 1.89. The predicted molar refractivity (Wildman–Crippen MR) is 55.6 cm³/mol. The summed E-state index contributed by atoms with van der Waals surface area (Å²) in [7, 11) is 0. The van der Waals surface area contributed by atoms with Gasteiger partial charge in [0, 0.05) is 0 Å². The van der Waals surface area contributed by atoms with Crippen LogP contribution in [0.4, 0.5) is 0 Å². The normalized spacial score (nSPS) is 11.8. The third kappa shape index (κ3) is 4.61. The Labute approximate surface area is 95.7 Å². The Hall–Kier alpha value is -1.10. The molecule has 16 heavy (non-hydrogen) atoms. The lowest BCUT2D eigenvalue weighted by molar-refractivity contribution is -0.355. The molecular weight excluding hydrogens is 212 g/mol. The Bertz CT molecular complexity index is 235. The smallest absolute Gasteiger partial charge is 0.396 e. The molecule has 5 heteroatoms. The van der Waals surface area contributed by atoms with Gasteiger partial charge in [0.1, 0.15) is 0 Å². The molecule has 0 aliphatic rings. The van der Waals surface area contributed by atoms with Crippen LogP contribution in [0.1, 0.15) is 41.0 Å². The Kier molecular flexibility index (Phi) is 5.44. The van der Waals surface area contributed by atoms with Crippen molar-refractivity contribution >= 4 is 11.9 Å². The van der Waals surface area contributed by atoms with E-state index in [9.17, 15) is 14.7 Å². The van der Waals surface area contributed by atoms with E-state index < -0.39 is 29.7 Å². The second kappa shape index (κ2) is 5.84. The minimum absolute atomic E-state index is 0.121. The van der Waals surface area contributed by atoms with Crippen molar-refractivity contribution in [1.82, 2.24) is 0 Å². The zero-order valence-electron chi connectivity index (χ0n) is 10.4. The summed E-state index contributed by atoms with van der Waals surface area (Å²) in [6.07, 6.45) is -0.121. The van der Waals surface area contributed by atoms with Gasteiger partial charge in [0.2, 0.25) is 0 Å². The van der Waals surface area contributed by atoms with Crippen LogP contribution in [0.25, 0.3) is 0 Å². The largest absolute Gasteiger partial charge is 0.402 e. The van der Waals surface area contributed by atoms with E-state index in [1.807, 2.05) is 0 Å². The summed E-state index contributed by atoms with van der Waals surface area (Å²) in [6, 6.07) is 0. The van der Waals surface area contributed by atoms with Crippen LogP contribution in [-0.2, 0) is 24.2 Å². The first-order valence-corrected chi connectivity index (χ1v) is 5.38. The number of ether oxygens (including phenoxy) is 2. The first-order chi connectivity index (χ1) is 7.22. The second-order valence-corrected chi connectivity index (χ2v) is 4.19. The zero-order chi connectivity index (χ0) is 12.9. The van der Waals surface area contributed by atoms with Crippen LogP contribution in [0.2, 0.25) is 0 Å². The molecule has 0 bridgehead atoms. The standard InChI is InChI=1S/C11H19O5/c1-6-11(14,15-9(12)7(2)3)16-10(13)8(4)5/h7-8H,6H2,1-5H3. The molecule has 0 fully saturated rings. The summed E-state index contributed by atoms with van der Waals surface area (Å²) in [5.41, 5.74) is 0. The first-order valence-electron chi connectivity index (χ1n) is 5.38. The summed E-state index contributed by atoms with van der Waals surface area (Å²) in [6.45, 7) is 7.89. The van der Waals surface area contributed by atoms with Gasteiger partial charge in [-0.25, -0.2) is 0 Å². The number of rotatable bonds is 5. The third-order valence-corrected chi connectivity index (χ3v) is 1.89. The molecule has 0 aromatic carbocycles.